The molecule has 0 aromatic heterocycles. The Balaban J connectivity index is 1.64. The van der Waals surface area contributed by atoms with Crippen LogP contribution in [0.1, 0.15) is 26.2 Å². The third-order valence-electron chi connectivity index (χ3n) is 4.67. The van der Waals surface area contributed by atoms with Crippen LogP contribution in [0.4, 0.5) is 14.5 Å². The van der Waals surface area contributed by atoms with Crippen LogP contribution in [0.2, 0.25) is 0 Å². The molecule has 24 heavy (non-hydrogen) atoms. The van der Waals surface area contributed by atoms with Gasteiger partial charge in [-0.15, -0.1) is 0 Å². The zero-order valence-corrected chi connectivity index (χ0v) is 13.5. The number of carbonyl (C=O) groups excluding carboxylic acids is 2. The highest BCUT2D eigenvalue weighted by atomic mass is 19.1. The number of nitrogens with zero attached hydrogens (tertiary/aromatic N) is 1. The average Bonchev–Trinajstić information content (AvgIpc) is 2.89. The Hall–Kier alpha value is -2.02. The summed E-state index contributed by atoms with van der Waals surface area (Å²) in [6, 6.07) is 3.53. The fourth-order valence-corrected chi connectivity index (χ4v) is 3.40. The van der Waals surface area contributed by atoms with Gasteiger partial charge in [0.25, 0.3) is 0 Å². The Morgan fingerprint density at radius 3 is 2.88 bits per heavy atom. The third-order valence-corrected chi connectivity index (χ3v) is 4.67. The van der Waals surface area contributed by atoms with E-state index in [1.165, 1.54) is 11.0 Å². The van der Waals surface area contributed by atoms with Crippen LogP contribution in [0, 0.1) is 17.6 Å². The van der Waals surface area contributed by atoms with Gasteiger partial charge in [0, 0.05) is 31.1 Å². The van der Waals surface area contributed by atoms with Crippen molar-refractivity contribution in [1.29, 1.82) is 0 Å². The molecule has 130 valence electrons. The third kappa shape index (κ3) is 3.56. The highest BCUT2D eigenvalue weighted by molar-refractivity contribution is 6.00. The lowest BCUT2D eigenvalue weighted by Crippen LogP contribution is -2.48. The topological polar surface area (TPSA) is 61.4 Å². The van der Waals surface area contributed by atoms with E-state index in [9.17, 15) is 18.4 Å². The second-order valence-electron chi connectivity index (χ2n) is 6.59. The fraction of sp³-hybridized carbons (Fsp3) is 0.529. The maximum atomic E-state index is 13.9. The molecule has 1 aromatic carbocycles. The molecule has 2 heterocycles. The van der Waals surface area contributed by atoms with Gasteiger partial charge in [-0.1, -0.05) is 0 Å². The molecule has 2 aliphatic heterocycles. The molecule has 3 rings (SSSR count). The number of benzene rings is 1. The van der Waals surface area contributed by atoms with Crippen molar-refractivity contribution in [2.24, 2.45) is 5.92 Å². The summed E-state index contributed by atoms with van der Waals surface area (Å²) in [7, 11) is 0. The summed E-state index contributed by atoms with van der Waals surface area (Å²) in [6.07, 6.45) is 1.75. The maximum absolute atomic E-state index is 13.9. The van der Waals surface area contributed by atoms with Gasteiger partial charge in [-0.2, -0.15) is 0 Å². The highest BCUT2D eigenvalue weighted by Gasteiger charge is 2.37. The standard InChI is InChI=1S/C17H21F2N3O2/c1-10-6-13(4-5-20-10)21-17(24)11-7-16(23)22(9-11)15-3-2-12(18)8-14(15)19/h2-3,8,10-11,13,20H,4-7,9H2,1H3,(H,21,24). The van der Waals surface area contributed by atoms with E-state index in [1.807, 2.05) is 0 Å². The first kappa shape index (κ1) is 16.8. The van der Waals surface area contributed by atoms with E-state index in [1.54, 1.807) is 0 Å². The summed E-state index contributed by atoms with van der Waals surface area (Å²) in [5.74, 6) is -2.49. The van der Waals surface area contributed by atoms with Crippen molar-refractivity contribution < 1.29 is 18.4 Å². The summed E-state index contributed by atoms with van der Waals surface area (Å²) in [4.78, 5) is 25.8. The molecule has 2 amide bonds. The van der Waals surface area contributed by atoms with Crippen LogP contribution >= 0.6 is 0 Å². The van der Waals surface area contributed by atoms with Crippen molar-refractivity contribution >= 4 is 17.5 Å². The molecule has 2 aliphatic rings. The molecule has 5 nitrogen and oxygen atoms in total. The van der Waals surface area contributed by atoms with Crippen molar-refractivity contribution in [3.63, 3.8) is 0 Å². The molecule has 2 N–H and O–H groups in total. The van der Waals surface area contributed by atoms with E-state index in [2.05, 4.69) is 17.6 Å². The van der Waals surface area contributed by atoms with Crippen LogP contribution in [0.5, 0.6) is 0 Å². The predicted molar refractivity (Wildman–Crippen MR) is 85.4 cm³/mol. The van der Waals surface area contributed by atoms with Crippen molar-refractivity contribution in [3.05, 3.63) is 29.8 Å². The van der Waals surface area contributed by atoms with Crippen molar-refractivity contribution in [2.75, 3.05) is 18.0 Å². The van der Waals surface area contributed by atoms with Gasteiger partial charge in [0.1, 0.15) is 11.6 Å². The van der Waals surface area contributed by atoms with Crippen LogP contribution in [0.15, 0.2) is 18.2 Å². The number of halogens is 2. The Morgan fingerprint density at radius 1 is 1.38 bits per heavy atom. The quantitative estimate of drug-likeness (QED) is 0.880. The number of carbonyl (C=O) groups is 2. The lowest BCUT2D eigenvalue weighted by atomic mass is 9.99. The lowest BCUT2D eigenvalue weighted by molar-refractivity contribution is -0.127. The second-order valence-corrected chi connectivity index (χ2v) is 6.59. The first-order valence-corrected chi connectivity index (χ1v) is 8.23. The molecule has 2 fully saturated rings. The minimum Gasteiger partial charge on any atom is -0.353 e. The Bertz CT molecular complexity index is 653. The van der Waals surface area contributed by atoms with Crippen LogP contribution < -0.4 is 15.5 Å². The smallest absolute Gasteiger partial charge is 0.227 e. The SMILES string of the molecule is CC1CC(NC(=O)C2CC(=O)N(c3ccc(F)cc3F)C2)CCN1. The minimum atomic E-state index is -0.795. The molecule has 0 aliphatic carbocycles. The van der Waals surface area contributed by atoms with Gasteiger partial charge in [0.05, 0.1) is 11.6 Å². The molecular weight excluding hydrogens is 316 g/mol. The molecule has 0 bridgehead atoms. The first-order chi connectivity index (χ1) is 11.4. The van der Waals surface area contributed by atoms with Gasteiger partial charge >= 0.3 is 0 Å². The molecular formula is C17H21F2N3O2. The molecule has 0 spiro atoms. The van der Waals surface area contributed by atoms with Crippen LogP contribution in [-0.2, 0) is 9.59 Å². The maximum Gasteiger partial charge on any atom is 0.227 e. The molecule has 3 atom stereocenters. The van der Waals surface area contributed by atoms with Crippen LogP contribution in [0.25, 0.3) is 0 Å². The van der Waals surface area contributed by atoms with Crippen molar-refractivity contribution in [3.8, 4) is 0 Å². The largest absolute Gasteiger partial charge is 0.353 e. The number of hydrogen-bond acceptors (Lipinski definition) is 3. The molecule has 0 saturated carbocycles. The fourth-order valence-electron chi connectivity index (χ4n) is 3.40. The summed E-state index contributed by atoms with van der Waals surface area (Å²) >= 11 is 0. The normalized spacial score (nSPS) is 27.4. The summed E-state index contributed by atoms with van der Waals surface area (Å²) < 4.78 is 26.9. The van der Waals surface area contributed by atoms with Crippen molar-refractivity contribution in [1.82, 2.24) is 10.6 Å². The van der Waals surface area contributed by atoms with Gasteiger partial charge in [0.15, 0.2) is 0 Å². The Labute approximate surface area is 139 Å². The van der Waals surface area contributed by atoms with Gasteiger partial charge < -0.3 is 15.5 Å². The van der Waals surface area contributed by atoms with Crippen molar-refractivity contribution in [2.45, 2.75) is 38.3 Å². The predicted octanol–water partition coefficient (Wildman–Crippen LogP) is 1.57. The number of piperidine rings is 1. The zero-order chi connectivity index (χ0) is 17.3. The number of nitrogens with one attached hydrogen (secondary N) is 2. The monoisotopic (exact) mass is 337 g/mol. The highest BCUT2D eigenvalue weighted by Crippen LogP contribution is 2.28. The van der Waals surface area contributed by atoms with Gasteiger partial charge in [0.2, 0.25) is 11.8 Å². The second kappa shape index (κ2) is 6.84. The number of amides is 2. The minimum absolute atomic E-state index is 0.0205. The zero-order valence-electron chi connectivity index (χ0n) is 13.5. The van der Waals surface area contributed by atoms with E-state index in [-0.39, 0.29) is 36.5 Å². The summed E-state index contributed by atoms with van der Waals surface area (Å²) in [5, 5.41) is 6.31. The first-order valence-electron chi connectivity index (χ1n) is 8.23. The van der Waals surface area contributed by atoms with Gasteiger partial charge in [-0.05, 0) is 38.4 Å². The van der Waals surface area contributed by atoms with Crippen LogP contribution in [0.3, 0.4) is 0 Å². The Kier molecular flexibility index (Phi) is 4.80. The molecule has 3 unspecified atom stereocenters. The number of rotatable bonds is 3. The summed E-state index contributed by atoms with van der Waals surface area (Å²) in [5.41, 5.74) is 0.0205. The molecule has 7 heteroatoms. The van der Waals surface area contributed by atoms with E-state index in [0.717, 1.165) is 31.5 Å². The van der Waals surface area contributed by atoms with Crippen LogP contribution in [-0.4, -0.2) is 37.0 Å². The molecule has 1 aromatic rings. The van der Waals surface area contributed by atoms with E-state index < -0.39 is 17.6 Å². The Morgan fingerprint density at radius 2 is 2.17 bits per heavy atom. The van der Waals surface area contributed by atoms with E-state index in [0.29, 0.717) is 6.04 Å². The molecule has 0 radical (unpaired) electrons. The lowest BCUT2D eigenvalue weighted by Gasteiger charge is -2.29. The average molecular weight is 337 g/mol. The summed E-state index contributed by atoms with van der Waals surface area (Å²) in [6.45, 7) is 3.03. The molecule has 2 saturated heterocycles. The van der Waals surface area contributed by atoms with Gasteiger partial charge in [-0.25, -0.2) is 8.78 Å². The number of hydrogen-bond donors (Lipinski definition) is 2. The van der Waals surface area contributed by atoms with Gasteiger partial charge in [-0.3, -0.25) is 9.59 Å². The van der Waals surface area contributed by atoms with E-state index in [4.69, 9.17) is 0 Å². The van der Waals surface area contributed by atoms with E-state index >= 15 is 0 Å². The number of anilines is 1.